The standard InChI is InChI=1S/C42H32N6O14S4.Na/c1-23-17-27(13-15-35(23)47-45-29-19-33-31(39(21-29)65(57,58)59)5-3-7-37(33)63(51,52)53)43-41(49)25-9-11-26(12-10-25)42(50)44-28-14-16-36(24(2)18-28)48-46-30-20-34-32(40(22-30)66(60,61)62)6-4-8-38(34)64(54,55)56;/h3-22H,1-2H3,(H,43,49)(H,44,50)(H,51,52,53)(H,54,55,56)(H,57,58,59)(H,60,61,62);/q;+1. The molecule has 0 aliphatic carbocycles. The summed E-state index contributed by atoms with van der Waals surface area (Å²) >= 11 is 0. The number of aryl methyl sites for hydroxylation is 2. The van der Waals surface area contributed by atoms with E-state index >= 15 is 0 Å². The molecule has 0 aromatic heterocycles. The average molecular weight is 996 g/mol. The summed E-state index contributed by atoms with van der Waals surface area (Å²) in [4.78, 5) is 23.7. The second-order valence-corrected chi connectivity index (χ2v) is 19.9. The van der Waals surface area contributed by atoms with Gasteiger partial charge in [-0.1, -0.05) is 24.3 Å². The van der Waals surface area contributed by atoms with Crippen molar-refractivity contribution in [1.82, 2.24) is 0 Å². The Morgan fingerprint density at radius 3 is 1.07 bits per heavy atom. The third-order valence-electron chi connectivity index (χ3n) is 9.78. The van der Waals surface area contributed by atoms with Gasteiger partial charge in [0.25, 0.3) is 52.3 Å². The minimum atomic E-state index is -4.86. The van der Waals surface area contributed by atoms with Crippen LogP contribution in [0.3, 0.4) is 0 Å². The molecule has 0 aliphatic rings. The Hall–Kier alpha value is -6.16. The molecule has 0 saturated carbocycles. The molecule has 0 heterocycles. The predicted molar refractivity (Wildman–Crippen MR) is 240 cm³/mol. The van der Waals surface area contributed by atoms with Crippen molar-refractivity contribution in [3.63, 3.8) is 0 Å². The van der Waals surface area contributed by atoms with E-state index in [2.05, 4.69) is 31.1 Å². The average Bonchev–Trinajstić information content (AvgIpc) is 3.23. The molecule has 7 aromatic rings. The molecule has 67 heavy (non-hydrogen) atoms. The van der Waals surface area contributed by atoms with Crippen LogP contribution in [0.1, 0.15) is 31.8 Å². The number of rotatable bonds is 12. The zero-order valence-corrected chi connectivity index (χ0v) is 40.1. The summed E-state index contributed by atoms with van der Waals surface area (Å²) in [6, 6.07) is 26.3. The first-order chi connectivity index (χ1) is 30.9. The smallest absolute Gasteiger partial charge is 0.322 e. The van der Waals surface area contributed by atoms with E-state index in [-0.39, 0.29) is 85.0 Å². The number of nitrogens with zero attached hydrogens (tertiary/aromatic N) is 4. The van der Waals surface area contributed by atoms with Crippen molar-refractivity contribution in [2.45, 2.75) is 33.4 Å². The number of anilines is 2. The van der Waals surface area contributed by atoms with Gasteiger partial charge in [-0.2, -0.15) is 54.1 Å². The number of carbonyl (C=O) groups is 2. The van der Waals surface area contributed by atoms with Crippen LogP contribution in [0.2, 0.25) is 0 Å². The van der Waals surface area contributed by atoms with Gasteiger partial charge in [0.2, 0.25) is 0 Å². The van der Waals surface area contributed by atoms with E-state index in [1.165, 1.54) is 84.9 Å². The van der Waals surface area contributed by atoms with Crippen molar-refractivity contribution < 1.29 is 91.0 Å². The third-order valence-corrected chi connectivity index (χ3v) is 13.4. The van der Waals surface area contributed by atoms with Gasteiger partial charge in [0, 0.05) is 44.0 Å². The molecule has 0 spiro atoms. The van der Waals surface area contributed by atoms with Gasteiger partial charge >= 0.3 is 29.6 Å². The molecule has 20 nitrogen and oxygen atoms in total. The minimum Gasteiger partial charge on any atom is -0.322 e. The second-order valence-electron chi connectivity index (χ2n) is 14.4. The summed E-state index contributed by atoms with van der Waals surface area (Å²) in [6.07, 6.45) is 0. The molecular formula is C42H32N6NaO14S4+. The van der Waals surface area contributed by atoms with Crippen molar-refractivity contribution in [2.24, 2.45) is 20.5 Å². The molecule has 0 fully saturated rings. The Morgan fingerprint density at radius 1 is 0.418 bits per heavy atom. The zero-order chi connectivity index (χ0) is 47.9. The van der Waals surface area contributed by atoms with E-state index in [1.807, 2.05) is 0 Å². The third kappa shape index (κ3) is 11.5. The molecule has 0 atom stereocenters. The van der Waals surface area contributed by atoms with Crippen LogP contribution in [-0.2, 0) is 40.5 Å². The molecule has 6 N–H and O–H groups in total. The number of hydrogen-bond acceptors (Lipinski definition) is 14. The molecule has 7 rings (SSSR count). The maximum absolute atomic E-state index is 13.1. The second kappa shape index (κ2) is 19.2. The van der Waals surface area contributed by atoms with E-state index < -0.39 is 71.9 Å². The predicted octanol–water partition coefficient (Wildman–Crippen LogP) is 5.94. The van der Waals surface area contributed by atoms with E-state index in [4.69, 9.17) is 0 Å². The minimum absolute atomic E-state index is 0. The molecule has 25 heteroatoms. The Bertz CT molecular complexity index is 3480. The van der Waals surface area contributed by atoms with E-state index in [1.54, 1.807) is 26.0 Å². The van der Waals surface area contributed by atoms with Gasteiger partial charge < -0.3 is 10.6 Å². The van der Waals surface area contributed by atoms with Crippen LogP contribution in [0, 0.1) is 13.8 Å². The molecule has 338 valence electrons. The summed E-state index contributed by atoms with van der Waals surface area (Å²) < 4.78 is 136. The van der Waals surface area contributed by atoms with Crippen LogP contribution < -0.4 is 40.2 Å². The number of azo groups is 2. The Balaban J connectivity index is 0.00000741. The number of carbonyl (C=O) groups excluding carboxylic acids is 2. The molecule has 0 aliphatic heterocycles. The fourth-order valence-electron chi connectivity index (χ4n) is 6.70. The van der Waals surface area contributed by atoms with Crippen LogP contribution in [0.4, 0.5) is 34.1 Å². The summed E-state index contributed by atoms with van der Waals surface area (Å²) in [5, 5.41) is 21.0. The number of nitrogens with one attached hydrogen (secondary N) is 2. The van der Waals surface area contributed by atoms with Crippen LogP contribution in [0.15, 0.2) is 161 Å². The summed E-state index contributed by atoms with van der Waals surface area (Å²) in [5.41, 5.74) is 2.42. The summed E-state index contributed by atoms with van der Waals surface area (Å²) in [6.45, 7) is 3.31. The van der Waals surface area contributed by atoms with Crippen LogP contribution in [0.25, 0.3) is 21.5 Å². The summed E-state index contributed by atoms with van der Waals surface area (Å²) in [5.74, 6) is -1.03. The molecule has 0 saturated heterocycles. The van der Waals surface area contributed by atoms with Gasteiger partial charge in [0.15, 0.2) is 0 Å². The molecule has 7 aromatic carbocycles. The fraction of sp³-hybridized carbons (Fsp3) is 0.0476. The van der Waals surface area contributed by atoms with Crippen molar-refractivity contribution in [3.8, 4) is 0 Å². The number of benzene rings is 7. The topological polar surface area (TPSA) is 325 Å². The number of fused-ring (bicyclic) bond motifs is 2. The number of hydrogen-bond donors (Lipinski definition) is 6. The maximum atomic E-state index is 13.1. The number of amides is 2. The largest absolute Gasteiger partial charge is 1.00 e. The first-order valence-electron chi connectivity index (χ1n) is 18.7. The van der Waals surface area contributed by atoms with E-state index in [9.17, 15) is 61.5 Å². The van der Waals surface area contributed by atoms with Crippen LogP contribution >= 0.6 is 0 Å². The Morgan fingerprint density at radius 2 is 0.761 bits per heavy atom. The van der Waals surface area contributed by atoms with Crippen molar-refractivity contribution in [3.05, 3.63) is 144 Å². The molecule has 0 unspecified atom stereocenters. The molecular weight excluding hydrogens is 964 g/mol. The summed E-state index contributed by atoms with van der Waals surface area (Å²) in [7, 11) is -19.3. The fourth-order valence-corrected chi connectivity index (χ4v) is 9.55. The van der Waals surface area contributed by atoms with Crippen LogP contribution in [-0.4, -0.2) is 63.7 Å². The van der Waals surface area contributed by atoms with E-state index in [0.717, 1.165) is 24.3 Å². The van der Waals surface area contributed by atoms with Gasteiger partial charge in [-0.25, -0.2) is 0 Å². The van der Waals surface area contributed by atoms with Gasteiger partial charge in [-0.05, 0) is 122 Å². The monoisotopic (exact) mass is 995 g/mol. The Labute approximate surface area is 404 Å². The van der Waals surface area contributed by atoms with Gasteiger partial charge in [-0.3, -0.25) is 27.8 Å². The SMILES string of the molecule is Cc1cc(NC(=O)c2ccc(C(=O)Nc3ccc(N=Nc4cc(S(=O)(=O)O)c5cccc(S(=O)(=O)O)c5c4)c(C)c3)cc2)ccc1N=Nc1cc(S(=O)(=O)O)c2cccc(S(=O)(=O)O)c2c1.[Na+]. The zero-order valence-electron chi connectivity index (χ0n) is 34.8. The van der Waals surface area contributed by atoms with Crippen molar-refractivity contribution in [2.75, 3.05) is 10.6 Å². The van der Waals surface area contributed by atoms with Gasteiger partial charge in [0.1, 0.15) is 19.6 Å². The first-order valence-corrected chi connectivity index (χ1v) is 24.4. The maximum Gasteiger partial charge on any atom is 1.00 e. The van der Waals surface area contributed by atoms with Crippen molar-refractivity contribution >= 4 is 108 Å². The van der Waals surface area contributed by atoms with Gasteiger partial charge in [-0.15, -0.1) is 0 Å². The molecule has 2 amide bonds. The first kappa shape index (κ1) is 50.3. The van der Waals surface area contributed by atoms with Gasteiger partial charge in [0.05, 0.1) is 22.7 Å². The Kier molecular flexibility index (Phi) is 14.4. The molecule has 0 radical (unpaired) electrons. The quantitative estimate of drug-likeness (QED) is 0.0469. The normalized spacial score (nSPS) is 12.4. The van der Waals surface area contributed by atoms with Crippen molar-refractivity contribution in [1.29, 1.82) is 0 Å². The molecule has 0 bridgehead atoms. The van der Waals surface area contributed by atoms with Crippen LogP contribution in [0.5, 0.6) is 0 Å². The van der Waals surface area contributed by atoms with E-state index in [0.29, 0.717) is 22.5 Å².